The zero-order chi connectivity index (χ0) is 23.7. The lowest BCUT2D eigenvalue weighted by Gasteiger charge is -2.18. The third kappa shape index (κ3) is 5.13. The van der Waals surface area contributed by atoms with E-state index < -0.39 is 35.6 Å². The molecule has 0 aliphatic heterocycles. The van der Waals surface area contributed by atoms with Gasteiger partial charge < -0.3 is 16.4 Å². The van der Waals surface area contributed by atoms with Gasteiger partial charge in [-0.2, -0.15) is 23.3 Å². The zero-order valence-corrected chi connectivity index (χ0v) is 17.5. The maximum Gasteiger partial charge on any atom is 0.416 e. The van der Waals surface area contributed by atoms with E-state index in [2.05, 4.69) is 25.7 Å². The fourth-order valence-electron chi connectivity index (χ4n) is 2.82. The quantitative estimate of drug-likeness (QED) is 0.488. The summed E-state index contributed by atoms with van der Waals surface area (Å²) in [7, 11) is 0. The van der Waals surface area contributed by atoms with E-state index in [1.165, 1.54) is 0 Å². The number of alkyl halides is 3. The summed E-state index contributed by atoms with van der Waals surface area (Å²) >= 11 is 0. The molecule has 1 amide bonds. The summed E-state index contributed by atoms with van der Waals surface area (Å²) in [5.41, 5.74) is 3.69. The molecule has 0 atom stereocenters. The van der Waals surface area contributed by atoms with E-state index in [0.29, 0.717) is 5.69 Å². The van der Waals surface area contributed by atoms with Gasteiger partial charge in [-0.3, -0.25) is 9.48 Å². The van der Waals surface area contributed by atoms with Crippen molar-refractivity contribution in [1.82, 2.24) is 19.7 Å². The number of carbonyl (C=O) groups is 1. The van der Waals surface area contributed by atoms with Gasteiger partial charge in [0.2, 0.25) is 5.95 Å². The van der Waals surface area contributed by atoms with Crippen molar-refractivity contribution in [2.24, 2.45) is 5.73 Å². The van der Waals surface area contributed by atoms with Crippen LogP contribution < -0.4 is 16.4 Å². The Hall–Kier alpha value is -3.70. The lowest BCUT2D eigenvalue weighted by molar-refractivity contribution is -0.138. The van der Waals surface area contributed by atoms with Crippen molar-refractivity contribution in [3.63, 3.8) is 0 Å². The number of nitrogens with one attached hydrogen (secondary N) is 2. The molecule has 3 rings (SSSR count). The number of carbonyl (C=O) groups excluding carboxylic acids is 1. The average molecular weight is 451 g/mol. The van der Waals surface area contributed by atoms with Crippen LogP contribution in [0.5, 0.6) is 0 Å². The third-order valence-corrected chi connectivity index (χ3v) is 4.44. The van der Waals surface area contributed by atoms with Gasteiger partial charge in [-0.15, -0.1) is 0 Å². The molecule has 170 valence electrons. The monoisotopic (exact) mass is 451 g/mol. The van der Waals surface area contributed by atoms with Gasteiger partial charge in [-0.05, 0) is 32.9 Å². The van der Waals surface area contributed by atoms with Gasteiger partial charge in [0, 0.05) is 24.5 Å². The number of aromatic nitrogens is 4. The number of hydrogen-bond acceptors (Lipinski definition) is 6. The minimum atomic E-state index is -4.75. The smallest absolute Gasteiger partial charge is 0.365 e. The van der Waals surface area contributed by atoms with Crippen LogP contribution in [-0.2, 0) is 18.3 Å². The van der Waals surface area contributed by atoms with E-state index in [0.717, 1.165) is 24.4 Å². The summed E-state index contributed by atoms with van der Waals surface area (Å²) in [5.74, 6) is -2.05. The highest BCUT2D eigenvalue weighted by molar-refractivity contribution is 5.97. The highest BCUT2D eigenvalue weighted by Crippen LogP contribution is 2.33. The number of benzene rings is 1. The topological polar surface area (TPSA) is 111 Å². The fraction of sp³-hybridized carbons (Fsp3) is 0.300. The molecule has 8 nitrogen and oxygen atoms in total. The van der Waals surface area contributed by atoms with Crippen molar-refractivity contribution in [2.75, 3.05) is 10.6 Å². The maximum atomic E-state index is 14.1. The fourth-order valence-corrected chi connectivity index (χ4v) is 2.82. The molecule has 2 heterocycles. The van der Waals surface area contributed by atoms with E-state index in [1.54, 1.807) is 17.1 Å². The molecule has 0 aliphatic carbocycles. The summed E-state index contributed by atoms with van der Waals surface area (Å²) in [4.78, 5) is 19.8. The predicted molar refractivity (Wildman–Crippen MR) is 110 cm³/mol. The van der Waals surface area contributed by atoms with Crippen LogP contribution in [0.25, 0.3) is 0 Å². The van der Waals surface area contributed by atoms with Crippen LogP contribution in [-0.4, -0.2) is 25.7 Å². The first-order chi connectivity index (χ1) is 14.9. The van der Waals surface area contributed by atoms with Crippen LogP contribution in [0.4, 0.5) is 35.0 Å². The Morgan fingerprint density at radius 3 is 2.50 bits per heavy atom. The maximum absolute atomic E-state index is 14.1. The highest BCUT2D eigenvalue weighted by Gasteiger charge is 2.34. The largest absolute Gasteiger partial charge is 0.416 e. The minimum absolute atomic E-state index is 0.0375. The highest BCUT2D eigenvalue weighted by atomic mass is 19.4. The van der Waals surface area contributed by atoms with Gasteiger partial charge in [0.15, 0.2) is 0 Å². The summed E-state index contributed by atoms with van der Waals surface area (Å²) in [6.07, 6.45) is -0.372. The predicted octanol–water partition coefficient (Wildman–Crippen LogP) is 4.04. The normalized spacial score (nSPS) is 12.0. The van der Waals surface area contributed by atoms with E-state index in [4.69, 9.17) is 5.73 Å². The molecule has 0 bridgehead atoms. The molecular weight excluding hydrogens is 430 g/mol. The zero-order valence-electron chi connectivity index (χ0n) is 17.5. The minimum Gasteiger partial charge on any atom is -0.365 e. The second-order valence-corrected chi connectivity index (χ2v) is 7.91. The molecule has 0 radical (unpaired) electrons. The molecule has 32 heavy (non-hydrogen) atoms. The number of halogens is 4. The Balaban J connectivity index is 1.88. The summed E-state index contributed by atoms with van der Waals surface area (Å²) in [6, 6.07) is 2.66. The van der Waals surface area contributed by atoms with Crippen LogP contribution in [0.2, 0.25) is 0 Å². The van der Waals surface area contributed by atoms with Crippen LogP contribution in [0.3, 0.4) is 0 Å². The summed E-state index contributed by atoms with van der Waals surface area (Å²) in [5, 5.41) is 9.69. The number of rotatable bonds is 6. The standard InChI is InChI=1S/C20H21F4N7O/c1-19(2,3)31-10-11(7-28-31)29-18-27-9-13(16(25)32)17(30-18)26-8-12-14(20(22,23)24)5-4-6-15(12)21/h4-7,9-10H,8H2,1-3H3,(H2,25,32)(H2,26,27,29,30). The third-order valence-electron chi connectivity index (χ3n) is 4.44. The Labute approximate surface area is 180 Å². The molecule has 12 heteroatoms. The average Bonchev–Trinajstić information content (AvgIpc) is 3.15. The van der Waals surface area contributed by atoms with Crippen molar-refractivity contribution >= 4 is 23.4 Å². The molecular formula is C20H21F4N7O. The number of nitrogens with two attached hydrogens (primary N) is 1. The lowest BCUT2D eigenvalue weighted by Crippen LogP contribution is -2.21. The first-order valence-electron chi connectivity index (χ1n) is 9.43. The van der Waals surface area contributed by atoms with Crippen LogP contribution in [0, 0.1) is 5.82 Å². The van der Waals surface area contributed by atoms with Gasteiger partial charge in [0.1, 0.15) is 11.6 Å². The van der Waals surface area contributed by atoms with Crippen molar-refractivity contribution in [3.05, 3.63) is 59.3 Å². The second kappa shape index (κ2) is 8.44. The Morgan fingerprint density at radius 1 is 1.19 bits per heavy atom. The molecule has 0 aliphatic rings. The van der Waals surface area contributed by atoms with Crippen molar-refractivity contribution in [1.29, 1.82) is 0 Å². The molecule has 0 saturated carbocycles. The van der Waals surface area contributed by atoms with E-state index in [-0.39, 0.29) is 22.9 Å². The van der Waals surface area contributed by atoms with Crippen LogP contribution >= 0.6 is 0 Å². The van der Waals surface area contributed by atoms with Crippen molar-refractivity contribution < 1.29 is 22.4 Å². The molecule has 1 aromatic carbocycles. The number of primary amides is 1. The molecule has 0 unspecified atom stereocenters. The molecule has 0 spiro atoms. The second-order valence-electron chi connectivity index (χ2n) is 7.91. The van der Waals surface area contributed by atoms with Crippen LogP contribution in [0.15, 0.2) is 36.8 Å². The van der Waals surface area contributed by atoms with Gasteiger partial charge in [-0.1, -0.05) is 6.07 Å². The SMILES string of the molecule is CC(C)(C)n1cc(Nc2ncc(C(N)=O)c(NCc3c(F)cccc3C(F)(F)F)n2)cn1. The number of nitrogens with zero attached hydrogens (tertiary/aromatic N) is 4. The van der Waals surface area contributed by atoms with E-state index in [9.17, 15) is 22.4 Å². The molecule has 4 N–H and O–H groups in total. The number of amides is 1. The van der Waals surface area contributed by atoms with E-state index in [1.807, 2.05) is 20.8 Å². The van der Waals surface area contributed by atoms with Crippen molar-refractivity contribution in [2.45, 2.75) is 39.0 Å². The van der Waals surface area contributed by atoms with Gasteiger partial charge >= 0.3 is 6.18 Å². The molecule has 2 aromatic heterocycles. The first kappa shape index (κ1) is 23.0. The van der Waals surface area contributed by atoms with Gasteiger partial charge in [-0.25, -0.2) is 9.37 Å². The van der Waals surface area contributed by atoms with Crippen molar-refractivity contribution in [3.8, 4) is 0 Å². The lowest BCUT2D eigenvalue weighted by atomic mass is 10.1. The number of anilines is 3. The Kier molecular flexibility index (Phi) is 6.06. The Morgan fingerprint density at radius 2 is 1.91 bits per heavy atom. The summed E-state index contributed by atoms with van der Waals surface area (Å²) in [6.45, 7) is 5.30. The Bertz CT molecular complexity index is 1140. The van der Waals surface area contributed by atoms with Gasteiger partial charge in [0.25, 0.3) is 5.91 Å². The molecule has 3 aromatic rings. The van der Waals surface area contributed by atoms with Crippen LogP contribution in [0.1, 0.15) is 42.3 Å². The van der Waals surface area contributed by atoms with E-state index >= 15 is 0 Å². The molecule has 0 fully saturated rings. The van der Waals surface area contributed by atoms with Gasteiger partial charge in [0.05, 0.1) is 28.6 Å². The number of hydrogen-bond donors (Lipinski definition) is 3. The first-order valence-corrected chi connectivity index (χ1v) is 9.43. The summed E-state index contributed by atoms with van der Waals surface area (Å²) < 4.78 is 55.6. The molecule has 0 saturated heterocycles.